The molecule has 7 nitrogen and oxygen atoms in total. The van der Waals surface area contributed by atoms with Gasteiger partial charge in [0.05, 0.1) is 11.5 Å². The molecule has 0 aliphatic heterocycles. The van der Waals surface area contributed by atoms with Crippen molar-refractivity contribution in [1.82, 2.24) is 10.2 Å². The Morgan fingerprint density at radius 2 is 1.33 bits per heavy atom. The van der Waals surface area contributed by atoms with Crippen molar-refractivity contribution in [2.45, 2.75) is 44.2 Å². The summed E-state index contributed by atoms with van der Waals surface area (Å²) in [6.45, 7) is 4.28. The van der Waals surface area contributed by atoms with Crippen LogP contribution in [0.4, 0.5) is 0 Å². The Morgan fingerprint density at radius 1 is 0.861 bits per heavy atom. The second-order valence-corrected chi connectivity index (χ2v) is 9.29. The molecule has 7 heteroatoms. The number of benzene rings is 3. The molecule has 3 rings (SSSR count). The van der Waals surface area contributed by atoms with Gasteiger partial charge in [0.1, 0.15) is 6.04 Å². The molecule has 0 heterocycles. The van der Waals surface area contributed by atoms with Crippen molar-refractivity contribution in [3.8, 4) is 0 Å². The SMILES string of the molecule is CC(C)(c1ccccc1)N(C(=O)C(c1ccccc1)c1ccccc1)[C@H](CCCNC(=N)N)C(N)=O. The number of nitrogens with two attached hydrogens (primary N) is 2. The quantitative estimate of drug-likeness (QED) is 0.188. The molecule has 3 aromatic rings. The van der Waals surface area contributed by atoms with Gasteiger partial charge in [-0.15, -0.1) is 0 Å². The molecule has 0 unspecified atom stereocenters. The Morgan fingerprint density at radius 3 is 1.78 bits per heavy atom. The van der Waals surface area contributed by atoms with Gasteiger partial charge in [-0.3, -0.25) is 15.0 Å². The van der Waals surface area contributed by atoms with E-state index < -0.39 is 23.4 Å². The summed E-state index contributed by atoms with van der Waals surface area (Å²) >= 11 is 0. The molecular weight excluding hydrogens is 450 g/mol. The highest BCUT2D eigenvalue weighted by Crippen LogP contribution is 2.36. The van der Waals surface area contributed by atoms with Crippen molar-refractivity contribution >= 4 is 17.8 Å². The van der Waals surface area contributed by atoms with E-state index in [2.05, 4.69) is 5.32 Å². The first-order chi connectivity index (χ1) is 17.2. The van der Waals surface area contributed by atoms with Crippen LogP contribution in [0.5, 0.6) is 0 Å². The molecule has 0 bridgehead atoms. The molecule has 0 saturated carbocycles. The van der Waals surface area contributed by atoms with Crippen molar-refractivity contribution in [3.63, 3.8) is 0 Å². The Bertz CT molecular complexity index is 1110. The number of carbonyl (C=O) groups excluding carboxylic acids is 2. The molecular formula is C29H35N5O2. The number of rotatable bonds is 11. The number of hydrogen-bond acceptors (Lipinski definition) is 3. The molecule has 0 radical (unpaired) electrons. The second-order valence-electron chi connectivity index (χ2n) is 9.29. The van der Waals surface area contributed by atoms with Gasteiger partial charge >= 0.3 is 0 Å². The summed E-state index contributed by atoms with van der Waals surface area (Å²) in [4.78, 5) is 29.1. The zero-order valence-corrected chi connectivity index (χ0v) is 20.9. The molecule has 1 atom stereocenters. The summed E-state index contributed by atoms with van der Waals surface area (Å²) in [5.74, 6) is -1.54. The minimum Gasteiger partial charge on any atom is -0.370 e. The van der Waals surface area contributed by atoms with Crippen LogP contribution in [0.2, 0.25) is 0 Å². The lowest BCUT2D eigenvalue weighted by Crippen LogP contribution is -2.57. The third-order valence-corrected chi connectivity index (χ3v) is 6.44. The van der Waals surface area contributed by atoms with Crippen LogP contribution in [-0.4, -0.2) is 35.3 Å². The summed E-state index contributed by atoms with van der Waals surface area (Å²) in [7, 11) is 0. The monoisotopic (exact) mass is 485 g/mol. The van der Waals surface area contributed by atoms with Gasteiger partial charge in [-0.2, -0.15) is 0 Å². The maximum Gasteiger partial charge on any atom is 0.240 e. The summed E-state index contributed by atoms with van der Waals surface area (Å²) < 4.78 is 0. The number of amides is 2. The van der Waals surface area contributed by atoms with Gasteiger partial charge in [0, 0.05) is 6.54 Å². The van der Waals surface area contributed by atoms with Crippen LogP contribution in [0.3, 0.4) is 0 Å². The first-order valence-corrected chi connectivity index (χ1v) is 12.1. The number of nitrogens with zero attached hydrogens (tertiary/aromatic N) is 1. The summed E-state index contributed by atoms with van der Waals surface area (Å²) in [5.41, 5.74) is 13.1. The van der Waals surface area contributed by atoms with Gasteiger partial charge in [-0.1, -0.05) is 91.0 Å². The van der Waals surface area contributed by atoms with Crippen molar-refractivity contribution < 1.29 is 9.59 Å². The Kier molecular flexibility index (Phi) is 8.84. The lowest BCUT2D eigenvalue weighted by Gasteiger charge is -2.45. The van der Waals surface area contributed by atoms with Gasteiger partial charge in [-0.05, 0) is 43.4 Å². The van der Waals surface area contributed by atoms with Crippen molar-refractivity contribution in [3.05, 3.63) is 108 Å². The zero-order valence-electron chi connectivity index (χ0n) is 20.9. The van der Waals surface area contributed by atoms with Crippen molar-refractivity contribution in [2.24, 2.45) is 11.5 Å². The van der Waals surface area contributed by atoms with Crippen LogP contribution in [0.15, 0.2) is 91.0 Å². The molecule has 0 aromatic heterocycles. The minimum atomic E-state index is -0.864. The smallest absolute Gasteiger partial charge is 0.240 e. The second kappa shape index (κ2) is 12.0. The topological polar surface area (TPSA) is 125 Å². The van der Waals surface area contributed by atoms with E-state index in [1.54, 1.807) is 4.90 Å². The highest BCUT2D eigenvalue weighted by molar-refractivity contribution is 5.92. The largest absolute Gasteiger partial charge is 0.370 e. The van der Waals surface area contributed by atoms with Crippen LogP contribution in [0, 0.1) is 5.41 Å². The van der Waals surface area contributed by atoms with Gasteiger partial charge in [0.25, 0.3) is 0 Å². The van der Waals surface area contributed by atoms with E-state index in [-0.39, 0.29) is 11.9 Å². The van der Waals surface area contributed by atoms with E-state index in [0.717, 1.165) is 16.7 Å². The molecule has 36 heavy (non-hydrogen) atoms. The molecule has 0 fully saturated rings. The molecule has 188 valence electrons. The van der Waals surface area contributed by atoms with E-state index in [9.17, 15) is 9.59 Å². The first kappa shape index (κ1) is 26.5. The Balaban J connectivity index is 2.12. The fourth-order valence-corrected chi connectivity index (χ4v) is 4.63. The van der Waals surface area contributed by atoms with E-state index in [0.29, 0.717) is 19.4 Å². The number of guanidine groups is 1. The number of hydrogen-bond donors (Lipinski definition) is 4. The predicted octanol–water partition coefficient (Wildman–Crippen LogP) is 3.70. The zero-order chi connectivity index (χ0) is 26.1. The van der Waals surface area contributed by atoms with Crippen LogP contribution < -0.4 is 16.8 Å². The van der Waals surface area contributed by atoms with Gasteiger partial charge in [-0.25, -0.2) is 0 Å². The third-order valence-electron chi connectivity index (χ3n) is 6.44. The molecule has 6 N–H and O–H groups in total. The third kappa shape index (κ3) is 6.30. The van der Waals surface area contributed by atoms with Crippen molar-refractivity contribution in [1.29, 1.82) is 5.41 Å². The first-order valence-electron chi connectivity index (χ1n) is 12.1. The van der Waals surface area contributed by atoms with Crippen molar-refractivity contribution in [2.75, 3.05) is 6.54 Å². The van der Waals surface area contributed by atoms with E-state index in [1.807, 2.05) is 105 Å². The maximum atomic E-state index is 14.6. The van der Waals surface area contributed by atoms with Crippen LogP contribution in [0.1, 0.15) is 49.3 Å². The van der Waals surface area contributed by atoms with Crippen LogP contribution >= 0.6 is 0 Å². The molecule has 0 saturated heterocycles. The van der Waals surface area contributed by atoms with E-state index >= 15 is 0 Å². The number of carbonyl (C=O) groups is 2. The molecule has 0 aliphatic rings. The number of nitrogens with one attached hydrogen (secondary N) is 2. The van der Waals surface area contributed by atoms with Gasteiger partial charge in [0.15, 0.2) is 5.96 Å². The fraction of sp³-hybridized carbons (Fsp3) is 0.276. The average Bonchev–Trinajstić information content (AvgIpc) is 2.87. The lowest BCUT2D eigenvalue weighted by molar-refractivity contribution is -0.147. The van der Waals surface area contributed by atoms with Crippen LogP contribution in [0.25, 0.3) is 0 Å². The van der Waals surface area contributed by atoms with Gasteiger partial charge < -0.3 is 21.7 Å². The standard InChI is InChI=1S/C29H35N5O2/c1-29(2,23-17-10-5-11-18-23)34(24(26(30)35)19-12-20-33-28(31)32)27(36)25(21-13-6-3-7-14-21)22-15-8-4-9-16-22/h3-11,13-18,24-25H,12,19-20H2,1-2H3,(H2,30,35)(H4,31,32,33)/t24-/m1/s1. The molecule has 3 aromatic carbocycles. The summed E-state index contributed by atoms with van der Waals surface area (Å²) in [5, 5.41) is 10.1. The summed E-state index contributed by atoms with van der Waals surface area (Å²) in [6, 6.07) is 28.0. The minimum absolute atomic E-state index is 0.142. The predicted molar refractivity (Wildman–Crippen MR) is 143 cm³/mol. The van der Waals surface area contributed by atoms with Gasteiger partial charge in [0.2, 0.25) is 11.8 Å². The highest BCUT2D eigenvalue weighted by Gasteiger charge is 2.43. The average molecular weight is 486 g/mol. The van der Waals surface area contributed by atoms with E-state index in [4.69, 9.17) is 16.9 Å². The number of primary amides is 1. The summed E-state index contributed by atoms with van der Waals surface area (Å²) in [6.07, 6.45) is 0.830. The maximum absolute atomic E-state index is 14.6. The van der Waals surface area contributed by atoms with Crippen LogP contribution in [-0.2, 0) is 15.1 Å². The lowest BCUT2D eigenvalue weighted by atomic mass is 9.84. The normalized spacial score (nSPS) is 12.1. The Hall–Kier alpha value is -4.13. The molecule has 2 amide bonds. The highest BCUT2D eigenvalue weighted by atomic mass is 16.2. The van der Waals surface area contributed by atoms with E-state index in [1.165, 1.54) is 0 Å². The fourth-order valence-electron chi connectivity index (χ4n) is 4.63. The molecule has 0 aliphatic carbocycles. The molecule has 0 spiro atoms. The Labute approximate surface area is 213 Å².